The van der Waals surface area contributed by atoms with Gasteiger partial charge in [0, 0.05) is 17.7 Å². The molecule has 9 nitrogen and oxygen atoms in total. The van der Waals surface area contributed by atoms with Crippen molar-refractivity contribution in [1.82, 2.24) is 19.7 Å². The summed E-state index contributed by atoms with van der Waals surface area (Å²) in [6, 6.07) is 7.94. The van der Waals surface area contributed by atoms with Gasteiger partial charge in [-0.3, -0.25) is 19.5 Å². The van der Waals surface area contributed by atoms with Crippen molar-refractivity contribution in [3.8, 4) is 11.4 Å². The van der Waals surface area contributed by atoms with Crippen LogP contribution in [-0.4, -0.2) is 24.6 Å². The molecule has 30 heavy (non-hydrogen) atoms. The molecule has 0 aliphatic rings. The fraction of sp³-hybridized carbons (Fsp3) is 0.111. The van der Waals surface area contributed by atoms with Crippen molar-refractivity contribution in [2.75, 3.05) is 0 Å². The second kappa shape index (κ2) is 7.06. The summed E-state index contributed by atoms with van der Waals surface area (Å²) in [4.78, 5) is 31.0. The minimum atomic E-state index is -4.45. The van der Waals surface area contributed by atoms with E-state index in [9.17, 15) is 28.1 Å². The monoisotopic (exact) mass is 417 g/mol. The predicted molar refractivity (Wildman–Crippen MR) is 96.5 cm³/mol. The van der Waals surface area contributed by atoms with Crippen molar-refractivity contribution in [1.29, 1.82) is 0 Å². The minimum absolute atomic E-state index is 0.0371. The van der Waals surface area contributed by atoms with Crippen molar-refractivity contribution in [3.05, 3.63) is 80.7 Å². The molecule has 0 aliphatic carbocycles. The summed E-state index contributed by atoms with van der Waals surface area (Å²) in [6.45, 7) is -0.133. The van der Waals surface area contributed by atoms with Gasteiger partial charge in [-0.1, -0.05) is 17.3 Å². The third kappa shape index (κ3) is 3.62. The lowest BCUT2D eigenvalue weighted by atomic mass is 10.1. The zero-order valence-electron chi connectivity index (χ0n) is 14.8. The second-order valence-electron chi connectivity index (χ2n) is 6.22. The fourth-order valence-electron chi connectivity index (χ4n) is 2.76. The number of aromatic nitrogens is 4. The predicted octanol–water partition coefficient (Wildman–Crippen LogP) is 3.42. The lowest BCUT2D eigenvalue weighted by Gasteiger charge is -2.05. The highest BCUT2D eigenvalue weighted by Gasteiger charge is 2.30. The first-order chi connectivity index (χ1) is 14.2. The van der Waals surface area contributed by atoms with Crippen LogP contribution in [0, 0.1) is 10.1 Å². The molecule has 0 atom stereocenters. The summed E-state index contributed by atoms with van der Waals surface area (Å²) in [5, 5.41) is 14.7. The summed E-state index contributed by atoms with van der Waals surface area (Å²) in [7, 11) is 0. The number of halogens is 3. The number of hydrogen-bond donors (Lipinski definition) is 0. The van der Waals surface area contributed by atoms with Crippen LogP contribution >= 0.6 is 0 Å². The molecule has 0 bridgehead atoms. The van der Waals surface area contributed by atoms with Crippen molar-refractivity contribution in [3.63, 3.8) is 0 Å². The molecule has 0 saturated heterocycles. The molecule has 0 unspecified atom stereocenters. The van der Waals surface area contributed by atoms with Crippen molar-refractivity contribution < 1.29 is 22.6 Å². The highest BCUT2D eigenvalue weighted by Crippen LogP contribution is 2.30. The molecule has 2 aromatic carbocycles. The Hall–Kier alpha value is -4.09. The van der Waals surface area contributed by atoms with E-state index in [4.69, 9.17) is 4.52 Å². The van der Waals surface area contributed by atoms with Gasteiger partial charge in [0.1, 0.15) is 6.54 Å². The van der Waals surface area contributed by atoms with E-state index in [1.807, 2.05) is 0 Å². The van der Waals surface area contributed by atoms with Crippen LogP contribution in [0.4, 0.5) is 18.9 Å². The Morgan fingerprint density at radius 3 is 2.53 bits per heavy atom. The minimum Gasteiger partial charge on any atom is -0.337 e. The lowest BCUT2D eigenvalue weighted by molar-refractivity contribution is -0.384. The molecule has 0 radical (unpaired) electrons. The summed E-state index contributed by atoms with van der Waals surface area (Å²) in [5.41, 5.74) is -0.978. The molecule has 4 rings (SSSR count). The molecule has 0 N–H and O–H groups in total. The highest BCUT2D eigenvalue weighted by molar-refractivity contribution is 5.79. The van der Waals surface area contributed by atoms with Crippen molar-refractivity contribution in [2.24, 2.45) is 0 Å². The van der Waals surface area contributed by atoms with Gasteiger partial charge in [-0.15, -0.1) is 0 Å². The van der Waals surface area contributed by atoms with Gasteiger partial charge in [-0.05, 0) is 18.2 Å². The van der Waals surface area contributed by atoms with Gasteiger partial charge in [-0.2, -0.15) is 18.2 Å². The third-order valence-electron chi connectivity index (χ3n) is 4.26. The highest BCUT2D eigenvalue weighted by atomic mass is 19.4. The number of nitrogens with zero attached hydrogens (tertiary/aromatic N) is 5. The number of nitro groups is 1. The quantitative estimate of drug-likeness (QED) is 0.369. The van der Waals surface area contributed by atoms with E-state index in [1.165, 1.54) is 41.2 Å². The largest absolute Gasteiger partial charge is 0.416 e. The smallest absolute Gasteiger partial charge is 0.337 e. The van der Waals surface area contributed by atoms with E-state index in [1.54, 1.807) is 0 Å². The Bertz CT molecular complexity index is 1310. The Labute approximate surface area is 164 Å². The van der Waals surface area contributed by atoms with Gasteiger partial charge >= 0.3 is 6.18 Å². The molecule has 0 aliphatic heterocycles. The molecule has 0 spiro atoms. The topological polar surface area (TPSA) is 117 Å². The number of hydrogen-bond acceptors (Lipinski definition) is 7. The van der Waals surface area contributed by atoms with Crippen molar-refractivity contribution in [2.45, 2.75) is 12.7 Å². The third-order valence-corrected chi connectivity index (χ3v) is 4.26. The van der Waals surface area contributed by atoms with E-state index in [-0.39, 0.29) is 34.9 Å². The molecule has 0 amide bonds. The van der Waals surface area contributed by atoms with E-state index in [2.05, 4.69) is 15.1 Å². The van der Waals surface area contributed by atoms with Gasteiger partial charge in [0.25, 0.3) is 11.2 Å². The van der Waals surface area contributed by atoms with Gasteiger partial charge in [0.05, 0.1) is 27.7 Å². The normalized spacial score (nSPS) is 11.7. The van der Waals surface area contributed by atoms with Crippen LogP contribution in [0.1, 0.15) is 11.5 Å². The average molecular weight is 417 g/mol. The number of fused-ring (bicyclic) bond motifs is 1. The van der Waals surface area contributed by atoms with Crippen molar-refractivity contribution >= 4 is 16.6 Å². The number of benzene rings is 2. The first-order valence-corrected chi connectivity index (χ1v) is 8.36. The molecule has 152 valence electrons. The maximum absolute atomic E-state index is 12.7. The number of nitro benzene ring substituents is 1. The molecule has 2 aromatic heterocycles. The maximum Gasteiger partial charge on any atom is 0.416 e. The van der Waals surface area contributed by atoms with E-state index in [0.717, 1.165) is 12.1 Å². The van der Waals surface area contributed by atoms with Crippen LogP contribution in [0.3, 0.4) is 0 Å². The molecular weight excluding hydrogens is 407 g/mol. The average Bonchev–Trinajstić information content (AvgIpc) is 3.18. The number of rotatable bonds is 4. The van der Waals surface area contributed by atoms with Gasteiger partial charge in [-0.25, -0.2) is 4.98 Å². The number of non-ortho nitro benzene ring substituents is 1. The molecule has 4 aromatic rings. The Balaban J connectivity index is 1.60. The lowest BCUT2D eigenvalue weighted by Crippen LogP contribution is -2.21. The van der Waals surface area contributed by atoms with Crippen LogP contribution < -0.4 is 5.56 Å². The molecule has 12 heteroatoms. The first-order valence-electron chi connectivity index (χ1n) is 8.36. The summed E-state index contributed by atoms with van der Waals surface area (Å²) in [5.74, 6) is 0.103. The molecule has 0 saturated carbocycles. The molecule has 0 fully saturated rings. The van der Waals surface area contributed by atoms with E-state index in [0.29, 0.717) is 5.56 Å². The van der Waals surface area contributed by atoms with Crippen LogP contribution in [0.25, 0.3) is 22.3 Å². The van der Waals surface area contributed by atoms with Gasteiger partial charge in [0.15, 0.2) is 0 Å². The zero-order valence-corrected chi connectivity index (χ0v) is 14.8. The summed E-state index contributed by atoms with van der Waals surface area (Å²) >= 11 is 0. The Morgan fingerprint density at radius 1 is 1.13 bits per heavy atom. The van der Waals surface area contributed by atoms with E-state index < -0.39 is 22.2 Å². The van der Waals surface area contributed by atoms with Crippen LogP contribution in [0.2, 0.25) is 0 Å². The second-order valence-corrected chi connectivity index (χ2v) is 6.22. The Kier molecular flexibility index (Phi) is 4.53. The number of alkyl halides is 3. The summed E-state index contributed by atoms with van der Waals surface area (Å²) in [6.07, 6.45) is -3.26. The fourth-order valence-corrected chi connectivity index (χ4v) is 2.76. The molecular formula is C18H10F3N5O4. The SMILES string of the molecule is O=c1c2ccc([N+](=O)[O-])cc2ncn1Cc1nc(-c2ccc(C(F)(F)F)cc2)no1. The van der Waals surface area contributed by atoms with E-state index >= 15 is 0 Å². The maximum atomic E-state index is 12.7. The summed E-state index contributed by atoms with van der Waals surface area (Å²) < 4.78 is 44.2. The molecule has 2 heterocycles. The zero-order chi connectivity index (χ0) is 21.5. The van der Waals surface area contributed by atoms with Gasteiger partial charge < -0.3 is 4.52 Å². The van der Waals surface area contributed by atoms with Crippen LogP contribution in [-0.2, 0) is 12.7 Å². The first kappa shape index (κ1) is 19.2. The van der Waals surface area contributed by atoms with Gasteiger partial charge in [0.2, 0.25) is 11.7 Å². The Morgan fingerprint density at radius 2 is 1.87 bits per heavy atom. The van der Waals surface area contributed by atoms with Crippen LogP contribution in [0.15, 0.2) is 58.1 Å². The standard InChI is InChI=1S/C18H10F3N5O4/c19-18(20,21)11-3-1-10(2-4-11)16-23-15(30-24-16)8-25-9-22-14-7-12(26(28)29)5-6-13(14)17(25)27/h1-7,9H,8H2. The van der Waals surface area contributed by atoms with Crippen LogP contribution in [0.5, 0.6) is 0 Å².